The molecule has 3 heteroatoms. The predicted molar refractivity (Wildman–Crippen MR) is 55.8 cm³/mol. The molecular weight excluding hydrogens is 230 g/mol. The van der Waals surface area contributed by atoms with Crippen LogP contribution in [0.1, 0.15) is 18.4 Å². The van der Waals surface area contributed by atoms with Gasteiger partial charge in [-0.15, -0.1) is 0 Å². The van der Waals surface area contributed by atoms with Crippen molar-refractivity contribution in [1.29, 1.82) is 0 Å². The SMILES string of the molecule is NCC1(c2ccc(Br)c(O)c2)CC1. The fourth-order valence-corrected chi connectivity index (χ4v) is 1.85. The Labute approximate surface area is 85.9 Å². The summed E-state index contributed by atoms with van der Waals surface area (Å²) in [6.45, 7) is 0.675. The molecule has 0 radical (unpaired) electrons. The van der Waals surface area contributed by atoms with E-state index in [-0.39, 0.29) is 5.41 Å². The first-order chi connectivity index (χ1) is 6.18. The fraction of sp³-hybridized carbons (Fsp3) is 0.400. The standard InChI is InChI=1S/C10H12BrNO/c11-8-2-1-7(5-9(8)13)10(6-12)3-4-10/h1-2,5,13H,3-4,6,12H2. The lowest BCUT2D eigenvalue weighted by Crippen LogP contribution is -2.19. The zero-order chi connectivity index (χ0) is 9.47. The molecule has 0 aromatic heterocycles. The van der Waals surface area contributed by atoms with Gasteiger partial charge in [0, 0.05) is 12.0 Å². The van der Waals surface area contributed by atoms with Gasteiger partial charge in [0.05, 0.1) is 4.47 Å². The molecule has 0 saturated heterocycles. The normalized spacial score (nSPS) is 18.6. The quantitative estimate of drug-likeness (QED) is 0.834. The van der Waals surface area contributed by atoms with E-state index in [1.165, 1.54) is 0 Å². The highest BCUT2D eigenvalue weighted by molar-refractivity contribution is 9.10. The lowest BCUT2D eigenvalue weighted by Gasteiger charge is -2.13. The smallest absolute Gasteiger partial charge is 0.130 e. The summed E-state index contributed by atoms with van der Waals surface area (Å²) >= 11 is 3.26. The van der Waals surface area contributed by atoms with Crippen molar-refractivity contribution in [2.24, 2.45) is 5.73 Å². The van der Waals surface area contributed by atoms with Crippen LogP contribution in [-0.2, 0) is 5.41 Å². The Bertz CT molecular complexity index is 334. The lowest BCUT2D eigenvalue weighted by molar-refractivity contribution is 0.470. The Morgan fingerprint density at radius 1 is 1.46 bits per heavy atom. The number of halogens is 1. The third kappa shape index (κ3) is 1.46. The van der Waals surface area contributed by atoms with E-state index in [1.54, 1.807) is 0 Å². The van der Waals surface area contributed by atoms with Gasteiger partial charge in [0.2, 0.25) is 0 Å². The summed E-state index contributed by atoms with van der Waals surface area (Å²) in [6, 6.07) is 5.72. The first-order valence-corrected chi connectivity index (χ1v) is 5.16. The van der Waals surface area contributed by atoms with Crippen LogP contribution in [0.15, 0.2) is 22.7 Å². The molecular formula is C10H12BrNO. The van der Waals surface area contributed by atoms with Gasteiger partial charge < -0.3 is 10.8 Å². The van der Waals surface area contributed by atoms with Crippen LogP contribution in [0.3, 0.4) is 0 Å². The van der Waals surface area contributed by atoms with E-state index < -0.39 is 0 Å². The number of benzene rings is 1. The molecule has 0 bridgehead atoms. The first kappa shape index (κ1) is 9.03. The molecule has 0 atom stereocenters. The van der Waals surface area contributed by atoms with Gasteiger partial charge in [0.25, 0.3) is 0 Å². The van der Waals surface area contributed by atoms with Crippen LogP contribution in [0, 0.1) is 0 Å². The van der Waals surface area contributed by atoms with Crippen molar-refractivity contribution in [3.63, 3.8) is 0 Å². The van der Waals surface area contributed by atoms with E-state index in [9.17, 15) is 5.11 Å². The average molecular weight is 242 g/mol. The second-order valence-corrected chi connectivity index (χ2v) is 4.50. The van der Waals surface area contributed by atoms with Gasteiger partial charge in [-0.25, -0.2) is 0 Å². The van der Waals surface area contributed by atoms with E-state index >= 15 is 0 Å². The Hall–Kier alpha value is -0.540. The molecule has 1 aromatic rings. The third-order valence-corrected chi connectivity index (χ3v) is 3.47. The summed E-state index contributed by atoms with van der Waals surface area (Å²) in [5, 5.41) is 9.50. The summed E-state index contributed by atoms with van der Waals surface area (Å²) in [5.41, 5.74) is 7.02. The third-order valence-electron chi connectivity index (χ3n) is 2.80. The average Bonchev–Trinajstić information content (AvgIpc) is 2.90. The van der Waals surface area contributed by atoms with Crippen LogP contribution in [0.25, 0.3) is 0 Å². The molecule has 0 heterocycles. The van der Waals surface area contributed by atoms with E-state index in [1.807, 2.05) is 18.2 Å². The number of hydrogen-bond acceptors (Lipinski definition) is 2. The van der Waals surface area contributed by atoms with Gasteiger partial charge in [-0.1, -0.05) is 6.07 Å². The molecule has 3 N–H and O–H groups in total. The molecule has 0 amide bonds. The van der Waals surface area contributed by atoms with Crippen LogP contribution < -0.4 is 5.73 Å². The van der Waals surface area contributed by atoms with Crippen LogP contribution in [0.2, 0.25) is 0 Å². The van der Waals surface area contributed by atoms with Gasteiger partial charge in [0.15, 0.2) is 0 Å². The molecule has 0 aliphatic heterocycles. The summed E-state index contributed by atoms with van der Waals surface area (Å²) in [4.78, 5) is 0. The van der Waals surface area contributed by atoms with Crippen molar-refractivity contribution in [3.8, 4) is 5.75 Å². The molecule has 1 aromatic carbocycles. The van der Waals surface area contributed by atoms with Crippen molar-refractivity contribution in [1.82, 2.24) is 0 Å². The fourth-order valence-electron chi connectivity index (χ4n) is 1.60. The van der Waals surface area contributed by atoms with E-state index in [0.717, 1.165) is 22.9 Å². The molecule has 0 unspecified atom stereocenters. The minimum atomic E-state index is 0.165. The number of hydrogen-bond donors (Lipinski definition) is 2. The van der Waals surface area contributed by atoms with Crippen molar-refractivity contribution >= 4 is 15.9 Å². The van der Waals surface area contributed by atoms with Crippen molar-refractivity contribution in [2.75, 3.05) is 6.54 Å². The van der Waals surface area contributed by atoms with Gasteiger partial charge in [-0.05, 0) is 46.5 Å². The largest absolute Gasteiger partial charge is 0.507 e. The van der Waals surface area contributed by atoms with Crippen molar-refractivity contribution in [2.45, 2.75) is 18.3 Å². The Kier molecular flexibility index (Phi) is 2.08. The van der Waals surface area contributed by atoms with Crippen LogP contribution in [-0.4, -0.2) is 11.7 Å². The number of aromatic hydroxyl groups is 1. The molecule has 0 spiro atoms. The zero-order valence-corrected chi connectivity index (χ0v) is 8.84. The number of rotatable bonds is 2. The van der Waals surface area contributed by atoms with Crippen LogP contribution in [0.4, 0.5) is 0 Å². The molecule has 1 aliphatic rings. The minimum Gasteiger partial charge on any atom is -0.507 e. The monoisotopic (exact) mass is 241 g/mol. The Morgan fingerprint density at radius 2 is 2.15 bits per heavy atom. The summed E-state index contributed by atoms with van der Waals surface area (Å²) in [7, 11) is 0. The Balaban J connectivity index is 2.37. The topological polar surface area (TPSA) is 46.2 Å². The number of nitrogens with two attached hydrogens (primary N) is 1. The molecule has 2 nitrogen and oxygen atoms in total. The maximum atomic E-state index is 9.50. The summed E-state index contributed by atoms with van der Waals surface area (Å²) in [5.74, 6) is 0.303. The highest BCUT2D eigenvalue weighted by atomic mass is 79.9. The summed E-state index contributed by atoms with van der Waals surface area (Å²) < 4.78 is 0.740. The second-order valence-electron chi connectivity index (χ2n) is 3.65. The minimum absolute atomic E-state index is 0.165. The molecule has 13 heavy (non-hydrogen) atoms. The highest BCUT2D eigenvalue weighted by Crippen LogP contribution is 2.48. The first-order valence-electron chi connectivity index (χ1n) is 4.37. The highest BCUT2D eigenvalue weighted by Gasteiger charge is 2.42. The number of phenolic OH excluding ortho intramolecular Hbond substituents is 1. The van der Waals surface area contributed by atoms with E-state index in [2.05, 4.69) is 15.9 Å². The van der Waals surface area contributed by atoms with Crippen molar-refractivity contribution in [3.05, 3.63) is 28.2 Å². The van der Waals surface area contributed by atoms with Gasteiger partial charge in [-0.3, -0.25) is 0 Å². The summed E-state index contributed by atoms with van der Waals surface area (Å²) in [6.07, 6.45) is 2.29. The second kappa shape index (κ2) is 3.00. The molecule has 1 fully saturated rings. The van der Waals surface area contributed by atoms with Gasteiger partial charge >= 0.3 is 0 Å². The van der Waals surface area contributed by atoms with Gasteiger partial charge in [-0.2, -0.15) is 0 Å². The maximum Gasteiger partial charge on any atom is 0.130 e. The molecule has 2 rings (SSSR count). The lowest BCUT2D eigenvalue weighted by atomic mass is 9.96. The maximum absolute atomic E-state index is 9.50. The Morgan fingerprint density at radius 3 is 2.62 bits per heavy atom. The van der Waals surface area contributed by atoms with E-state index in [4.69, 9.17) is 5.73 Å². The molecule has 70 valence electrons. The van der Waals surface area contributed by atoms with Crippen LogP contribution in [0.5, 0.6) is 5.75 Å². The van der Waals surface area contributed by atoms with Crippen molar-refractivity contribution < 1.29 is 5.11 Å². The number of phenols is 1. The zero-order valence-electron chi connectivity index (χ0n) is 7.26. The molecule has 1 saturated carbocycles. The molecule has 1 aliphatic carbocycles. The van der Waals surface area contributed by atoms with Gasteiger partial charge in [0.1, 0.15) is 5.75 Å². The predicted octanol–water partition coefficient (Wildman–Crippen LogP) is 2.15. The van der Waals surface area contributed by atoms with E-state index in [0.29, 0.717) is 12.3 Å². The van der Waals surface area contributed by atoms with Crippen LogP contribution >= 0.6 is 15.9 Å².